The summed E-state index contributed by atoms with van der Waals surface area (Å²) in [7, 11) is 1.64. The fourth-order valence-corrected chi connectivity index (χ4v) is 5.31. The Bertz CT molecular complexity index is 919. The molecule has 152 valence electrons. The molecule has 2 heterocycles. The van der Waals surface area contributed by atoms with Gasteiger partial charge in [0.05, 0.1) is 28.8 Å². The van der Waals surface area contributed by atoms with Gasteiger partial charge in [-0.1, -0.05) is 11.3 Å². The van der Waals surface area contributed by atoms with Gasteiger partial charge in [0.25, 0.3) is 5.91 Å². The van der Waals surface area contributed by atoms with Crippen molar-refractivity contribution >= 4 is 45.1 Å². The maximum Gasteiger partial charge on any atom is 0.258 e. The maximum absolute atomic E-state index is 12.4. The zero-order valence-corrected chi connectivity index (χ0v) is 18.3. The summed E-state index contributed by atoms with van der Waals surface area (Å²) >= 11 is 2.83. The number of thioether (sulfide) groups is 1. The number of carbonyl (C=O) groups excluding carboxylic acids is 2. The van der Waals surface area contributed by atoms with E-state index in [1.54, 1.807) is 7.11 Å². The van der Waals surface area contributed by atoms with Crippen LogP contribution in [0.3, 0.4) is 0 Å². The quantitative estimate of drug-likeness (QED) is 0.718. The van der Waals surface area contributed by atoms with Gasteiger partial charge in [-0.25, -0.2) is 0 Å². The van der Waals surface area contributed by atoms with Crippen LogP contribution in [0.4, 0.5) is 0 Å². The van der Waals surface area contributed by atoms with E-state index in [4.69, 9.17) is 4.74 Å². The molecule has 0 aliphatic carbocycles. The number of piperidine rings is 1. The number of methoxy groups -OCH3 is 1. The number of aryl methyl sites for hydroxylation is 1. The Hall–Kier alpha value is -1.80. The second-order valence-electron chi connectivity index (χ2n) is 6.89. The van der Waals surface area contributed by atoms with Gasteiger partial charge in [0.2, 0.25) is 5.91 Å². The SMILES string of the molecule is CCn1c(=NC(=O)CSCC(=O)N2CCCCC2C)sc2cc(OC)ccc21. The summed E-state index contributed by atoms with van der Waals surface area (Å²) in [5.74, 6) is 1.27. The number of hydrogen-bond donors (Lipinski definition) is 0. The first kappa shape index (κ1) is 20.9. The van der Waals surface area contributed by atoms with Crippen LogP contribution in [0.25, 0.3) is 10.2 Å². The van der Waals surface area contributed by atoms with Crippen molar-refractivity contribution in [3.8, 4) is 5.75 Å². The third kappa shape index (κ3) is 4.78. The fourth-order valence-electron chi connectivity index (χ4n) is 3.49. The Morgan fingerprint density at radius 2 is 2.14 bits per heavy atom. The molecule has 2 aromatic rings. The van der Waals surface area contributed by atoms with Crippen molar-refractivity contribution < 1.29 is 14.3 Å². The molecule has 1 aliphatic heterocycles. The smallest absolute Gasteiger partial charge is 0.258 e. The van der Waals surface area contributed by atoms with E-state index in [0.717, 1.165) is 41.9 Å². The lowest BCUT2D eigenvalue weighted by molar-refractivity contribution is -0.131. The van der Waals surface area contributed by atoms with Crippen molar-refractivity contribution in [3.05, 3.63) is 23.0 Å². The van der Waals surface area contributed by atoms with Gasteiger partial charge in [-0.2, -0.15) is 4.99 Å². The van der Waals surface area contributed by atoms with Crippen LogP contribution in [0.2, 0.25) is 0 Å². The highest BCUT2D eigenvalue weighted by Crippen LogP contribution is 2.23. The number of aromatic nitrogens is 1. The lowest BCUT2D eigenvalue weighted by atomic mass is 10.0. The molecular formula is C20H27N3O3S2. The number of benzene rings is 1. The van der Waals surface area contributed by atoms with Crippen molar-refractivity contribution in [2.45, 2.75) is 45.7 Å². The molecule has 1 aliphatic rings. The normalized spacial score (nSPS) is 17.9. The number of nitrogens with zero attached hydrogens (tertiary/aromatic N) is 3. The summed E-state index contributed by atoms with van der Waals surface area (Å²) in [6, 6.07) is 6.17. The van der Waals surface area contributed by atoms with Crippen LogP contribution in [-0.2, 0) is 16.1 Å². The summed E-state index contributed by atoms with van der Waals surface area (Å²) in [4.78, 5) is 31.7. The third-order valence-corrected chi connectivity index (χ3v) is 6.94. The van der Waals surface area contributed by atoms with Gasteiger partial charge in [-0.3, -0.25) is 9.59 Å². The molecule has 28 heavy (non-hydrogen) atoms. The second-order valence-corrected chi connectivity index (χ2v) is 8.89. The molecule has 6 nitrogen and oxygen atoms in total. The largest absolute Gasteiger partial charge is 0.497 e. The number of fused-ring (bicyclic) bond motifs is 1. The van der Waals surface area contributed by atoms with Crippen LogP contribution in [0.15, 0.2) is 23.2 Å². The maximum atomic E-state index is 12.4. The monoisotopic (exact) mass is 421 g/mol. The average Bonchev–Trinajstić information content (AvgIpc) is 3.03. The minimum absolute atomic E-state index is 0.127. The van der Waals surface area contributed by atoms with Gasteiger partial charge >= 0.3 is 0 Å². The van der Waals surface area contributed by atoms with E-state index in [0.29, 0.717) is 16.6 Å². The molecule has 0 N–H and O–H groups in total. The van der Waals surface area contributed by atoms with Crippen molar-refractivity contribution in [3.63, 3.8) is 0 Å². The van der Waals surface area contributed by atoms with Gasteiger partial charge in [0.1, 0.15) is 5.75 Å². The van der Waals surface area contributed by atoms with Crippen LogP contribution < -0.4 is 9.54 Å². The first-order valence-corrected chi connectivity index (χ1v) is 11.6. The molecule has 0 radical (unpaired) electrons. The van der Waals surface area contributed by atoms with Crippen molar-refractivity contribution in [2.75, 3.05) is 25.2 Å². The highest BCUT2D eigenvalue weighted by molar-refractivity contribution is 8.00. The fraction of sp³-hybridized carbons (Fsp3) is 0.550. The molecule has 1 unspecified atom stereocenters. The predicted molar refractivity (Wildman–Crippen MR) is 115 cm³/mol. The summed E-state index contributed by atoms with van der Waals surface area (Å²) in [6.45, 7) is 5.70. The van der Waals surface area contributed by atoms with Gasteiger partial charge in [-0.15, -0.1) is 11.8 Å². The van der Waals surface area contributed by atoms with Crippen LogP contribution in [0, 0.1) is 0 Å². The number of amides is 2. The number of hydrogen-bond acceptors (Lipinski definition) is 5. The molecule has 8 heteroatoms. The number of ether oxygens (including phenoxy) is 1. The molecule has 1 saturated heterocycles. The Labute approximate surface area is 173 Å². The Balaban J connectivity index is 1.65. The number of likely N-dealkylation sites (tertiary alicyclic amines) is 1. The molecule has 0 saturated carbocycles. The van der Waals surface area contributed by atoms with E-state index in [9.17, 15) is 9.59 Å². The minimum atomic E-state index is -0.204. The van der Waals surface area contributed by atoms with Crippen molar-refractivity contribution in [2.24, 2.45) is 4.99 Å². The van der Waals surface area contributed by atoms with E-state index in [2.05, 4.69) is 11.9 Å². The molecular weight excluding hydrogens is 394 g/mol. The Morgan fingerprint density at radius 1 is 1.32 bits per heavy atom. The van der Waals surface area contributed by atoms with E-state index < -0.39 is 0 Å². The average molecular weight is 422 g/mol. The highest BCUT2D eigenvalue weighted by atomic mass is 32.2. The van der Waals surface area contributed by atoms with E-state index in [1.807, 2.05) is 34.6 Å². The van der Waals surface area contributed by atoms with Crippen LogP contribution in [0.1, 0.15) is 33.1 Å². The van der Waals surface area contributed by atoms with Gasteiger partial charge in [0.15, 0.2) is 4.80 Å². The number of rotatable bonds is 6. The van der Waals surface area contributed by atoms with E-state index in [1.165, 1.54) is 29.5 Å². The van der Waals surface area contributed by atoms with Gasteiger partial charge in [-0.05, 0) is 51.3 Å². The van der Waals surface area contributed by atoms with Crippen LogP contribution >= 0.6 is 23.1 Å². The second kappa shape index (κ2) is 9.60. The zero-order chi connectivity index (χ0) is 20.1. The summed E-state index contributed by atoms with van der Waals surface area (Å²) in [6.07, 6.45) is 3.33. The topological polar surface area (TPSA) is 63.9 Å². The van der Waals surface area contributed by atoms with Gasteiger partial charge < -0.3 is 14.2 Å². The highest BCUT2D eigenvalue weighted by Gasteiger charge is 2.22. The Morgan fingerprint density at radius 3 is 2.86 bits per heavy atom. The number of carbonyl (C=O) groups is 2. The standard InChI is InChI=1S/C20H27N3O3S2/c1-4-22-16-9-8-15(26-3)11-17(16)28-20(22)21-18(24)12-27-13-19(25)23-10-6-5-7-14(23)2/h8-9,11,14H,4-7,10,12-13H2,1-3H3. The minimum Gasteiger partial charge on any atom is -0.497 e. The van der Waals surface area contributed by atoms with Crippen LogP contribution in [0.5, 0.6) is 5.75 Å². The molecule has 2 amide bonds. The molecule has 0 bridgehead atoms. The first-order valence-electron chi connectivity index (χ1n) is 9.65. The third-order valence-electron chi connectivity index (χ3n) is 5.00. The van der Waals surface area contributed by atoms with E-state index in [-0.39, 0.29) is 17.6 Å². The lowest BCUT2D eigenvalue weighted by Crippen LogP contribution is -2.43. The van der Waals surface area contributed by atoms with E-state index >= 15 is 0 Å². The number of thiazole rings is 1. The predicted octanol–water partition coefficient (Wildman–Crippen LogP) is 3.29. The summed E-state index contributed by atoms with van der Waals surface area (Å²) < 4.78 is 8.35. The molecule has 0 spiro atoms. The first-order chi connectivity index (χ1) is 13.5. The summed E-state index contributed by atoms with van der Waals surface area (Å²) in [5.41, 5.74) is 1.04. The molecule has 1 aromatic carbocycles. The van der Waals surface area contributed by atoms with Crippen molar-refractivity contribution in [1.29, 1.82) is 0 Å². The van der Waals surface area contributed by atoms with Gasteiger partial charge in [0, 0.05) is 19.1 Å². The van der Waals surface area contributed by atoms with Crippen LogP contribution in [-0.4, -0.2) is 52.5 Å². The lowest BCUT2D eigenvalue weighted by Gasteiger charge is -2.33. The zero-order valence-electron chi connectivity index (χ0n) is 16.6. The van der Waals surface area contributed by atoms with Crippen molar-refractivity contribution in [1.82, 2.24) is 9.47 Å². The summed E-state index contributed by atoms with van der Waals surface area (Å²) in [5, 5.41) is 0. The molecule has 1 fully saturated rings. The molecule has 3 rings (SSSR count). The molecule has 1 aromatic heterocycles. The Kier molecular flexibility index (Phi) is 7.18. The molecule has 1 atom stereocenters.